The van der Waals surface area contributed by atoms with Gasteiger partial charge in [0.2, 0.25) is 0 Å². The van der Waals surface area contributed by atoms with E-state index in [1.165, 1.54) is 0 Å². The molecule has 0 aliphatic carbocycles. The van der Waals surface area contributed by atoms with E-state index < -0.39 is 0 Å². The van der Waals surface area contributed by atoms with E-state index in [9.17, 15) is 0 Å². The Labute approximate surface area is 110 Å². The van der Waals surface area contributed by atoms with Gasteiger partial charge in [0.25, 0.3) is 0 Å². The van der Waals surface area contributed by atoms with Gasteiger partial charge in [-0.1, -0.05) is 25.1 Å². The van der Waals surface area contributed by atoms with Crippen LogP contribution < -0.4 is 10.5 Å². The maximum Gasteiger partial charge on any atom is 0.124 e. The summed E-state index contributed by atoms with van der Waals surface area (Å²) >= 11 is 0. The predicted octanol–water partition coefficient (Wildman–Crippen LogP) is 3.29. The Balaban J connectivity index is 3.08. The average molecular weight is 251 g/mol. The van der Waals surface area contributed by atoms with Gasteiger partial charge in [-0.15, -0.1) is 0 Å². The SMILES string of the molecule is CCC(C)(OC)C(N)c1ccccc1OC(C)C. The lowest BCUT2D eigenvalue weighted by atomic mass is 9.88. The fourth-order valence-electron chi connectivity index (χ4n) is 1.92. The first kappa shape index (κ1) is 15.0. The zero-order valence-corrected chi connectivity index (χ0v) is 12.1. The van der Waals surface area contributed by atoms with Crippen LogP contribution in [0.5, 0.6) is 5.75 Å². The Hall–Kier alpha value is -1.06. The zero-order valence-electron chi connectivity index (χ0n) is 12.1. The molecule has 0 aliphatic rings. The minimum atomic E-state index is -0.379. The molecule has 0 fully saturated rings. The smallest absolute Gasteiger partial charge is 0.124 e. The van der Waals surface area contributed by atoms with Crippen LogP contribution >= 0.6 is 0 Å². The highest BCUT2D eigenvalue weighted by atomic mass is 16.5. The summed E-state index contributed by atoms with van der Waals surface area (Å²) in [7, 11) is 1.70. The second kappa shape index (κ2) is 6.21. The molecule has 2 atom stereocenters. The molecule has 0 aliphatic heterocycles. The zero-order chi connectivity index (χ0) is 13.8. The van der Waals surface area contributed by atoms with Gasteiger partial charge in [0, 0.05) is 12.7 Å². The van der Waals surface area contributed by atoms with Crippen LogP contribution in [-0.2, 0) is 4.74 Å². The molecule has 0 saturated carbocycles. The molecule has 0 saturated heterocycles. The van der Waals surface area contributed by atoms with Crippen molar-refractivity contribution in [2.45, 2.75) is 51.9 Å². The van der Waals surface area contributed by atoms with Crippen LogP contribution in [-0.4, -0.2) is 18.8 Å². The average Bonchev–Trinajstić information content (AvgIpc) is 2.37. The predicted molar refractivity (Wildman–Crippen MR) is 74.8 cm³/mol. The second-order valence-electron chi connectivity index (χ2n) is 5.05. The molecule has 1 aromatic rings. The van der Waals surface area contributed by atoms with E-state index in [4.69, 9.17) is 15.2 Å². The largest absolute Gasteiger partial charge is 0.491 e. The van der Waals surface area contributed by atoms with Crippen molar-refractivity contribution in [3.63, 3.8) is 0 Å². The van der Waals surface area contributed by atoms with Gasteiger partial charge in [0.15, 0.2) is 0 Å². The quantitative estimate of drug-likeness (QED) is 0.843. The third kappa shape index (κ3) is 3.24. The number of rotatable bonds is 6. The molecule has 18 heavy (non-hydrogen) atoms. The van der Waals surface area contributed by atoms with E-state index in [1.54, 1.807) is 7.11 Å². The van der Waals surface area contributed by atoms with E-state index >= 15 is 0 Å². The van der Waals surface area contributed by atoms with Gasteiger partial charge in [-0.25, -0.2) is 0 Å². The Morgan fingerprint density at radius 1 is 1.28 bits per heavy atom. The lowest BCUT2D eigenvalue weighted by molar-refractivity contribution is -0.0202. The topological polar surface area (TPSA) is 44.5 Å². The minimum absolute atomic E-state index is 0.133. The van der Waals surface area contributed by atoms with Gasteiger partial charge in [-0.3, -0.25) is 0 Å². The number of benzene rings is 1. The number of nitrogens with two attached hydrogens (primary N) is 1. The first-order valence-electron chi connectivity index (χ1n) is 6.51. The molecule has 3 nitrogen and oxygen atoms in total. The van der Waals surface area contributed by atoms with Crippen LogP contribution in [0, 0.1) is 0 Å². The van der Waals surface area contributed by atoms with E-state index in [1.807, 2.05) is 45.0 Å². The summed E-state index contributed by atoms with van der Waals surface area (Å²) in [5.74, 6) is 0.844. The Morgan fingerprint density at radius 2 is 1.89 bits per heavy atom. The van der Waals surface area contributed by atoms with Crippen LogP contribution in [0.2, 0.25) is 0 Å². The highest BCUT2D eigenvalue weighted by Crippen LogP contribution is 2.34. The fraction of sp³-hybridized carbons (Fsp3) is 0.600. The molecule has 0 heterocycles. The van der Waals surface area contributed by atoms with E-state index in [0.29, 0.717) is 0 Å². The first-order valence-corrected chi connectivity index (χ1v) is 6.51. The van der Waals surface area contributed by atoms with Gasteiger partial charge >= 0.3 is 0 Å². The Bertz CT molecular complexity index is 373. The summed E-state index contributed by atoms with van der Waals surface area (Å²) in [5.41, 5.74) is 6.99. The third-order valence-electron chi connectivity index (χ3n) is 3.44. The van der Waals surface area contributed by atoms with Gasteiger partial charge in [-0.2, -0.15) is 0 Å². The summed E-state index contributed by atoms with van der Waals surface area (Å²) < 4.78 is 11.4. The normalized spacial score (nSPS) is 16.4. The molecule has 102 valence electrons. The summed E-state index contributed by atoms with van der Waals surface area (Å²) in [4.78, 5) is 0. The first-order chi connectivity index (χ1) is 8.44. The number of hydrogen-bond donors (Lipinski definition) is 1. The van der Waals surface area contributed by atoms with Gasteiger partial charge in [0.1, 0.15) is 5.75 Å². The van der Waals surface area contributed by atoms with Crippen molar-refractivity contribution in [3.8, 4) is 5.75 Å². The van der Waals surface area contributed by atoms with Gasteiger partial charge in [0.05, 0.1) is 17.7 Å². The molecular weight excluding hydrogens is 226 g/mol. The summed E-state index contributed by atoms with van der Waals surface area (Å²) in [6.45, 7) is 8.13. The third-order valence-corrected chi connectivity index (χ3v) is 3.44. The number of para-hydroxylation sites is 1. The second-order valence-corrected chi connectivity index (χ2v) is 5.05. The van der Waals surface area contributed by atoms with Crippen molar-refractivity contribution >= 4 is 0 Å². The maximum atomic E-state index is 6.37. The fourth-order valence-corrected chi connectivity index (χ4v) is 1.92. The van der Waals surface area contributed by atoms with E-state index in [0.717, 1.165) is 17.7 Å². The van der Waals surface area contributed by atoms with Crippen molar-refractivity contribution in [3.05, 3.63) is 29.8 Å². The van der Waals surface area contributed by atoms with E-state index in [2.05, 4.69) is 6.92 Å². The highest BCUT2D eigenvalue weighted by Gasteiger charge is 2.32. The molecule has 0 amide bonds. The highest BCUT2D eigenvalue weighted by molar-refractivity contribution is 5.37. The molecule has 2 N–H and O–H groups in total. The monoisotopic (exact) mass is 251 g/mol. The van der Waals surface area contributed by atoms with Crippen molar-refractivity contribution in [1.82, 2.24) is 0 Å². The minimum Gasteiger partial charge on any atom is -0.491 e. The Kier molecular flexibility index (Phi) is 5.17. The standard InChI is InChI=1S/C15H25NO2/c1-6-15(4,17-5)14(16)12-9-7-8-10-13(12)18-11(2)3/h7-11,14H,6,16H2,1-5H3. The van der Waals surface area contributed by atoms with Crippen molar-refractivity contribution < 1.29 is 9.47 Å². The van der Waals surface area contributed by atoms with Crippen molar-refractivity contribution in [1.29, 1.82) is 0 Å². The molecule has 0 spiro atoms. The van der Waals surface area contributed by atoms with E-state index in [-0.39, 0.29) is 17.7 Å². The lowest BCUT2D eigenvalue weighted by Gasteiger charge is -2.34. The Morgan fingerprint density at radius 3 is 2.39 bits per heavy atom. The van der Waals surface area contributed by atoms with Gasteiger partial charge in [-0.05, 0) is 33.3 Å². The molecule has 1 rings (SSSR count). The van der Waals surface area contributed by atoms with Crippen LogP contribution in [0.4, 0.5) is 0 Å². The lowest BCUT2D eigenvalue weighted by Crippen LogP contribution is -2.40. The molecule has 0 bridgehead atoms. The maximum absolute atomic E-state index is 6.37. The molecular formula is C15H25NO2. The van der Waals surface area contributed by atoms with Crippen molar-refractivity contribution in [2.75, 3.05) is 7.11 Å². The number of hydrogen-bond acceptors (Lipinski definition) is 3. The number of methoxy groups -OCH3 is 1. The molecule has 1 aromatic carbocycles. The van der Waals surface area contributed by atoms with Crippen LogP contribution in [0.1, 0.15) is 45.7 Å². The van der Waals surface area contributed by atoms with Crippen LogP contribution in [0.15, 0.2) is 24.3 Å². The molecule has 2 unspecified atom stereocenters. The van der Waals surface area contributed by atoms with Gasteiger partial charge < -0.3 is 15.2 Å². The molecule has 0 aromatic heterocycles. The van der Waals surface area contributed by atoms with Crippen LogP contribution in [0.3, 0.4) is 0 Å². The molecule has 3 heteroatoms. The summed E-state index contributed by atoms with van der Waals surface area (Å²) in [5, 5.41) is 0. The van der Waals surface area contributed by atoms with Crippen LogP contribution in [0.25, 0.3) is 0 Å². The van der Waals surface area contributed by atoms with Crippen molar-refractivity contribution in [2.24, 2.45) is 5.73 Å². The number of ether oxygens (including phenoxy) is 2. The molecule has 0 radical (unpaired) electrons. The summed E-state index contributed by atoms with van der Waals surface area (Å²) in [6, 6.07) is 7.71. The summed E-state index contributed by atoms with van der Waals surface area (Å²) in [6.07, 6.45) is 0.981.